The second kappa shape index (κ2) is 7.39. The molecule has 1 N–H and O–H groups in total. The summed E-state index contributed by atoms with van der Waals surface area (Å²) in [5.41, 5.74) is 1.44. The van der Waals surface area contributed by atoms with Crippen molar-refractivity contribution in [3.05, 3.63) is 35.9 Å². The number of nitrogens with zero attached hydrogens (tertiary/aromatic N) is 1. The van der Waals surface area contributed by atoms with Crippen LogP contribution < -0.4 is 5.32 Å². The summed E-state index contributed by atoms with van der Waals surface area (Å²) in [4.78, 5) is 2.66. The third-order valence-electron chi connectivity index (χ3n) is 4.75. The molecule has 3 atom stereocenters. The van der Waals surface area contributed by atoms with Crippen LogP contribution in [-0.4, -0.2) is 49.3 Å². The average molecular weight is 288 g/mol. The quantitative estimate of drug-likeness (QED) is 0.921. The monoisotopic (exact) mass is 288 g/mol. The summed E-state index contributed by atoms with van der Waals surface area (Å²) < 4.78 is 5.95. The van der Waals surface area contributed by atoms with Crippen molar-refractivity contribution in [3.8, 4) is 0 Å². The Kier molecular flexibility index (Phi) is 5.28. The van der Waals surface area contributed by atoms with E-state index in [1.54, 1.807) is 0 Å². The van der Waals surface area contributed by atoms with E-state index in [1.807, 2.05) is 0 Å². The summed E-state index contributed by atoms with van der Waals surface area (Å²) in [6, 6.07) is 12.0. The van der Waals surface area contributed by atoms with Crippen LogP contribution in [0.2, 0.25) is 0 Å². The fraction of sp³-hybridized carbons (Fsp3) is 0.667. The topological polar surface area (TPSA) is 24.5 Å². The minimum absolute atomic E-state index is 0.447. The molecule has 0 aromatic heterocycles. The Morgan fingerprint density at radius 1 is 1.24 bits per heavy atom. The number of hydrogen-bond donors (Lipinski definition) is 1. The maximum atomic E-state index is 5.95. The van der Waals surface area contributed by atoms with Crippen molar-refractivity contribution in [1.29, 1.82) is 0 Å². The van der Waals surface area contributed by atoms with Crippen molar-refractivity contribution in [3.63, 3.8) is 0 Å². The highest BCUT2D eigenvalue weighted by molar-refractivity contribution is 5.16. The maximum absolute atomic E-state index is 5.95. The molecule has 3 unspecified atom stereocenters. The first-order chi connectivity index (χ1) is 10.3. The van der Waals surface area contributed by atoms with Gasteiger partial charge in [0, 0.05) is 38.3 Å². The molecule has 0 amide bonds. The van der Waals surface area contributed by atoms with E-state index >= 15 is 0 Å². The third kappa shape index (κ3) is 4.29. The molecule has 3 nitrogen and oxygen atoms in total. The van der Waals surface area contributed by atoms with Crippen LogP contribution in [0.3, 0.4) is 0 Å². The highest BCUT2D eigenvalue weighted by atomic mass is 16.5. The third-order valence-corrected chi connectivity index (χ3v) is 4.75. The molecule has 2 heterocycles. The molecule has 2 aliphatic heterocycles. The molecule has 2 saturated heterocycles. The van der Waals surface area contributed by atoms with Crippen LogP contribution in [0.5, 0.6) is 0 Å². The Morgan fingerprint density at radius 3 is 2.86 bits per heavy atom. The van der Waals surface area contributed by atoms with Crippen LogP contribution in [0.1, 0.15) is 31.7 Å². The van der Waals surface area contributed by atoms with E-state index in [-0.39, 0.29) is 0 Å². The summed E-state index contributed by atoms with van der Waals surface area (Å²) in [6.07, 6.45) is 5.38. The van der Waals surface area contributed by atoms with E-state index in [0.717, 1.165) is 32.7 Å². The van der Waals surface area contributed by atoms with Gasteiger partial charge in [0.05, 0.1) is 6.10 Å². The van der Waals surface area contributed by atoms with E-state index < -0.39 is 0 Å². The molecule has 1 aromatic carbocycles. The van der Waals surface area contributed by atoms with Crippen molar-refractivity contribution >= 4 is 0 Å². The zero-order chi connectivity index (χ0) is 14.5. The summed E-state index contributed by atoms with van der Waals surface area (Å²) in [6.45, 7) is 6.56. The molecule has 0 spiro atoms. The average Bonchev–Trinajstić information content (AvgIpc) is 2.52. The summed E-state index contributed by atoms with van der Waals surface area (Å²) >= 11 is 0. The highest BCUT2D eigenvalue weighted by Gasteiger charge is 2.28. The van der Waals surface area contributed by atoms with Crippen molar-refractivity contribution in [1.82, 2.24) is 10.2 Å². The van der Waals surface area contributed by atoms with Crippen molar-refractivity contribution in [2.45, 2.75) is 50.8 Å². The molecule has 2 fully saturated rings. The second-order valence-electron chi connectivity index (χ2n) is 6.60. The first-order valence-corrected chi connectivity index (χ1v) is 8.44. The van der Waals surface area contributed by atoms with E-state index in [0.29, 0.717) is 18.2 Å². The smallest absolute Gasteiger partial charge is 0.0702 e. The lowest BCUT2D eigenvalue weighted by Gasteiger charge is -2.41. The lowest BCUT2D eigenvalue weighted by atomic mass is 9.99. The highest BCUT2D eigenvalue weighted by Crippen LogP contribution is 2.18. The first-order valence-electron chi connectivity index (χ1n) is 8.44. The van der Waals surface area contributed by atoms with Gasteiger partial charge < -0.3 is 10.1 Å². The van der Waals surface area contributed by atoms with Gasteiger partial charge in [-0.1, -0.05) is 30.3 Å². The predicted octanol–water partition coefficient (Wildman–Crippen LogP) is 2.46. The lowest BCUT2D eigenvalue weighted by Crippen LogP contribution is -2.58. The van der Waals surface area contributed by atoms with Gasteiger partial charge in [0.2, 0.25) is 0 Å². The van der Waals surface area contributed by atoms with Gasteiger partial charge in [0.15, 0.2) is 0 Å². The minimum atomic E-state index is 0.447. The molecule has 0 saturated carbocycles. The summed E-state index contributed by atoms with van der Waals surface area (Å²) in [7, 11) is 0. The van der Waals surface area contributed by atoms with Gasteiger partial charge in [0.1, 0.15) is 0 Å². The van der Waals surface area contributed by atoms with Crippen molar-refractivity contribution in [2.24, 2.45) is 0 Å². The fourth-order valence-corrected chi connectivity index (χ4v) is 3.56. The number of benzene rings is 1. The van der Waals surface area contributed by atoms with E-state index in [1.165, 1.54) is 24.8 Å². The molecule has 1 aromatic rings. The SMILES string of the molecule is CC1CN(CC2CCCCO2)C(Cc2ccccc2)CN1. The Morgan fingerprint density at radius 2 is 2.10 bits per heavy atom. The van der Waals surface area contributed by atoms with Gasteiger partial charge in [-0.3, -0.25) is 4.90 Å². The zero-order valence-electron chi connectivity index (χ0n) is 13.1. The standard InChI is InChI=1S/C18H28N2O/c1-15-13-20(14-18-9-5-6-10-21-18)17(12-19-15)11-16-7-3-2-4-8-16/h2-4,7-8,15,17-19H,5-6,9-14H2,1H3. The molecule has 0 radical (unpaired) electrons. The van der Waals surface area contributed by atoms with Gasteiger partial charge >= 0.3 is 0 Å². The second-order valence-corrected chi connectivity index (χ2v) is 6.60. The van der Waals surface area contributed by atoms with Gasteiger partial charge in [-0.05, 0) is 38.2 Å². The van der Waals surface area contributed by atoms with Gasteiger partial charge in [-0.15, -0.1) is 0 Å². The molecule has 0 aliphatic carbocycles. The molecular formula is C18H28N2O. The van der Waals surface area contributed by atoms with Crippen LogP contribution in [0.25, 0.3) is 0 Å². The zero-order valence-corrected chi connectivity index (χ0v) is 13.1. The van der Waals surface area contributed by atoms with Crippen LogP contribution in [0, 0.1) is 0 Å². The first kappa shape index (κ1) is 15.0. The van der Waals surface area contributed by atoms with Gasteiger partial charge in [-0.2, -0.15) is 0 Å². The van der Waals surface area contributed by atoms with Gasteiger partial charge in [0.25, 0.3) is 0 Å². The van der Waals surface area contributed by atoms with Crippen LogP contribution >= 0.6 is 0 Å². The molecule has 21 heavy (non-hydrogen) atoms. The minimum Gasteiger partial charge on any atom is -0.377 e. The number of hydrogen-bond acceptors (Lipinski definition) is 3. The molecule has 116 valence electrons. The molecule has 3 rings (SSSR count). The van der Waals surface area contributed by atoms with Crippen molar-refractivity contribution in [2.75, 3.05) is 26.2 Å². The van der Waals surface area contributed by atoms with Crippen LogP contribution in [-0.2, 0) is 11.2 Å². The summed E-state index contributed by atoms with van der Waals surface area (Å²) in [5, 5.41) is 3.64. The Hall–Kier alpha value is -0.900. The number of nitrogens with one attached hydrogen (secondary N) is 1. The summed E-state index contributed by atoms with van der Waals surface area (Å²) in [5.74, 6) is 0. The maximum Gasteiger partial charge on any atom is 0.0702 e. The fourth-order valence-electron chi connectivity index (χ4n) is 3.56. The predicted molar refractivity (Wildman–Crippen MR) is 86.6 cm³/mol. The Bertz CT molecular complexity index is 416. The molecule has 2 aliphatic rings. The molecule has 0 bridgehead atoms. The lowest BCUT2D eigenvalue weighted by molar-refractivity contribution is -0.0205. The molecule has 3 heteroatoms. The number of rotatable bonds is 4. The molecular weight excluding hydrogens is 260 g/mol. The normalized spacial score (nSPS) is 31.2. The van der Waals surface area contributed by atoms with Crippen LogP contribution in [0.15, 0.2) is 30.3 Å². The largest absolute Gasteiger partial charge is 0.377 e. The number of piperazine rings is 1. The Labute approximate surface area is 128 Å². The van der Waals surface area contributed by atoms with E-state index in [9.17, 15) is 0 Å². The van der Waals surface area contributed by atoms with Crippen LogP contribution in [0.4, 0.5) is 0 Å². The van der Waals surface area contributed by atoms with Gasteiger partial charge in [-0.25, -0.2) is 0 Å². The Balaban J connectivity index is 1.61. The van der Waals surface area contributed by atoms with E-state index in [4.69, 9.17) is 4.74 Å². The van der Waals surface area contributed by atoms with E-state index in [2.05, 4.69) is 47.5 Å². The van der Waals surface area contributed by atoms with Crippen molar-refractivity contribution < 1.29 is 4.74 Å². The number of ether oxygens (including phenoxy) is 1.